The second-order valence-corrected chi connectivity index (χ2v) is 5.70. The smallest absolute Gasteiger partial charge is 0.137 e. The van der Waals surface area contributed by atoms with Crippen LogP contribution in [0.3, 0.4) is 0 Å². The van der Waals surface area contributed by atoms with Crippen molar-refractivity contribution in [1.82, 2.24) is 4.98 Å². The zero-order chi connectivity index (χ0) is 12.4. The minimum absolute atomic E-state index is 0.109. The quantitative estimate of drug-likeness (QED) is 0.900. The molecule has 5 heteroatoms. The highest BCUT2D eigenvalue weighted by Gasteiger charge is 2.09. The monoisotopic (exact) mass is 314 g/mol. The Morgan fingerprint density at radius 3 is 2.82 bits per heavy atom. The summed E-state index contributed by atoms with van der Waals surface area (Å²) in [4.78, 5) is 4.42. The van der Waals surface area contributed by atoms with Gasteiger partial charge in [-0.1, -0.05) is 0 Å². The van der Waals surface area contributed by atoms with Gasteiger partial charge in [-0.15, -0.1) is 11.3 Å². The van der Waals surface area contributed by atoms with Crippen LogP contribution in [0, 0.1) is 12.7 Å². The zero-order valence-corrected chi connectivity index (χ0v) is 11.9. The van der Waals surface area contributed by atoms with Crippen molar-refractivity contribution in [3.05, 3.63) is 44.6 Å². The number of aryl methyl sites for hydroxylation is 1. The summed E-state index contributed by atoms with van der Waals surface area (Å²) in [6.45, 7) is 4.02. The number of benzene rings is 1. The topological polar surface area (TPSA) is 24.9 Å². The van der Waals surface area contributed by atoms with Crippen LogP contribution in [0.5, 0.6) is 0 Å². The third-order valence-corrected chi connectivity index (χ3v) is 3.78. The highest BCUT2D eigenvalue weighted by atomic mass is 79.9. The van der Waals surface area contributed by atoms with Crippen molar-refractivity contribution in [1.29, 1.82) is 0 Å². The van der Waals surface area contributed by atoms with Crippen molar-refractivity contribution in [3.63, 3.8) is 0 Å². The third kappa shape index (κ3) is 3.04. The molecular weight excluding hydrogens is 303 g/mol. The fraction of sp³-hybridized carbons (Fsp3) is 0.250. The van der Waals surface area contributed by atoms with Crippen molar-refractivity contribution in [2.24, 2.45) is 0 Å². The van der Waals surface area contributed by atoms with E-state index < -0.39 is 0 Å². The largest absolute Gasteiger partial charge is 0.377 e. The summed E-state index contributed by atoms with van der Waals surface area (Å²) < 4.78 is 13.5. The number of nitrogens with one attached hydrogen (secondary N) is 1. The molecule has 1 aromatic carbocycles. The second kappa shape index (κ2) is 5.14. The van der Waals surface area contributed by atoms with E-state index in [-0.39, 0.29) is 11.9 Å². The van der Waals surface area contributed by atoms with Crippen LogP contribution in [0.15, 0.2) is 28.1 Å². The van der Waals surface area contributed by atoms with Gasteiger partial charge in [-0.2, -0.15) is 0 Å². The summed E-state index contributed by atoms with van der Waals surface area (Å²) in [6.07, 6.45) is 0. The van der Waals surface area contributed by atoms with Crippen LogP contribution >= 0.6 is 27.3 Å². The summed E-state index contributed by atoms with van der Waals surface area (Å²) in [5.74, 6) is -0.257. The highest BCUT2D eigenvalue weighted by molar-refractivity contribution is 9.10. The Bertz CT molecular complexity index is 527. The van der Waals surface area contributed by atoms with Crippen molar-refractivity contribution in [2.75, 3.05) is 5.32 Å². The molecule has 0 radical (unpaired) electrons. The molecule has 0 bridgehead atoms. The highest BCUT2D eigenvalue weighted by Crippen LogP contribution is 2.24. The summed E-state index contributed by atoms with van der Waals surface area (Å²) in [5, 5.41) is 6.37. The van der Waals surface area contributed by atoms with E-state index in [4.69, 9.17) is 0 Å². The Hall–Kier alpha value is -0.940. The van der Waals surface area contributed by atoms with E-state index in [1.807, 2.05) is 19.2 Å². The van der Waals surface area contributed by atoms with Crippen LogP contribution in [0.1, 0.15) is 23.7 Å². The summed E-state index contributed by atoms with van der Waals surface area (Å²) in [5.41, 5.74) is 1.88. The predicted molar refractivity (Wildman–Crippen MR) is 73.0 cm³/mol. The Morgan fingerprint density at radius 2 is 2.24 bits per heavy atom. The Kier molecular flexibility index (Phi) is 3.79. The average Bonchev–Trinajstić information content (AvgIpc) is 2.70. The van der Waals surface area contributed by atoms with Crippen LogP contribution in [0.25, 0.3) is 0 Å². The molecule has 2 rings (SSSR count). The molecule has 0 aliphatic carbocycles. The molecule has 0 saturated heterocycles. The molecular formula is C12H12BrFN2S. The van der Waals surface area contributed by atoms with Crippen LogP contribution < -0.4 is 5.32 Å². The summed E-state index contributed by atoms with van der Waals surface area (Å²) >= 11 is 4.80. The van der Waals surface area contributed by atoms with Gasteiger partial charge < -0.3 is 5.32 Å². The lowest BCUT2D eigenvalue weighted by Gasteiger charge is -2.13. The van der Waals surface area contributed by atoms with E-state index in [2.05, 4.69) is 26.2 Å². The summed E-state index contributed by atoms with van der Waals surface area (Å²) in [6, 6.07) is 4.99. The molecule has 0 fully saturated rings. The average molecular weight is 315 g/mol. The molecule has 90 valence electrons. The van der Waals surface area contributed by atoms with E-state index in [9.17, 15) is 4.39 Å². The fourth-order valence-electron chi connectivity index (χ4n) is 1.49. The minimum Gasteiger partial charge on any atom is -0.377 e. The molecule has 0 aliphatic rings. The number of halogens is 2. The number of nitrogens with zero attached hydrogens (tertiary/aromatic N) is 1. The molecule has 1 atom stereocenters. The van der Waals surface area contributed by atoms with Crippen molar-refractivity contribution in [3.8, 4) is 0 Å². The maximum atomic E-state index is 13.1. The van der Waals surface area contributed by atoms with Crippen LogP contribution in [0.4, 0.5) is 10.1 Å². The lowest BCUT2D eigenvalue weighted by molar-refractivity contribution is 0.621. The standard InChI is InChI=1S/C12H12BrFN2S/c1-7(12-6-17-8(2)16-12)15-9-3-4-11(14)10(13)5-9/h3-7,15H,1-2H3. The molecule has 0 spiro atoms. The van der Waals surface area contributed by atoms with Crippen LogP contribution in [0.2, 0.25) is 0 Å². The number of aromatic nitrogens is 1. The molecule has 1 N–H and O–H groups in total. The van der Waals surface area contributed by atoms with Gasteiger partial charge in [0.05, 0.1) is 21.2 Å². The van der Waals surface area contributed by atoms with Crippen molar-refractivity contribution in [2.45, 2.75) is 19.9 Å². The lowest BCUT2D eigenvalue weighted by Crippen LogP contribution is -2.07. The van der Waals surface area contributed by atoms with E-state index in [0.717, 1.165) is 16.4 Å². The van der Waals surface area contributed by atoms with Gasteiger partial charge >= 0.3 is 0 Å². The predicted octanol–water partition coefficient (Wildman–Crippen LogP) is 4.53. The maximum Gasteiger partial charge on any atom is 0.137 e. The SMILES string of the molecule is Cc1nc(C(C)Nc2ccc(F)c(Br)c2)cs1. The first-order chi connectivity index (χ1) is 8.06. The van der Waals surface area contributed by atoms with Crippen LogP contribution in [-0.2, 0) is 0 Å². The minimum atomic E-state index is -0.257. The van der Waals surface area contributed by atoms with Gasteiger partial charge in [-0.05, 0) is 48.0 Å². The van der Waals surface area contributed by atoms with E-state index >= 15 is 0 Å². The van der Waals surface area contributed by atoms with Crippen LogP contribution in [-0.4, -0.2) is 4.98 Å². The molecule has 1 heterocycles. The van der Waals surface area contributed by atoms with Crippen molar-refractivity contribution >= 4 is 33.0 Å². The second-order valence-electron chi connectivity index (χ2n) is 3.79. The molecule has 0 aliphatic heterocycles. The van der Waals surface area contributed by atoms with Gasteiger partial charge in [0.2, 0.25) is 0 Å². The first-order valence-corrected chi connectivity index (χ1v) is 6.87. The van der Waals surface area contributed by atoms with Gasteiger partial charge in [0, 0.05) is 11.1 Å². The van der Waals surface area contributed by atoms with Gasteiger partial charge in [0.25, 0.3) is 0 Å². The van der Waals surface area contributed by atoms with E-state index in [1.54, 1.807) is 23.5 Å². The Labute approximate surface area is 112 Å². The normalized spacial score (nSPS) is 12.5. The zero-order valence-electron chi connectivity index (χ0n) is 9.50. The number of hydrogen-bond acceptors (Lipinski definition) is 3. The molecule has 1 unspecified atom stereocenters. The van der Waals surface area contributed by atoms with Gasteiger partial charge in [-0.3, -0.25) is 0 Å². The van der Waals surface area contributed by atoms with Crippen molar-refractivity contribution < 1.29 is 4.39 Å². The number of hydrogen-bond donors (Lipinski definition) is 1. The molecule has 0 saturated carbocycles. The molecule has 0 amide bonds. The van der Waals surface area contributed by atoms with Gasteiger partial charge in [-0.25, -0.2) is 9.37 Å². The number of rotatable bonds is 3. The summed E-state index contributed by atoms with van der Waals surface area (Å²) in [7, 11) is 0. The number of thiazole rings is 1. The first-order valence-electron chi connectivity index (χ1n) is 5.20. The number of anilines is 1. The molecule has 2 nitrogen and oxygen atoms in total. The first kappa shape index (κ1) is 12.5. The van der Waals surface area contributed by atoms with E-state index in [1.165, 1.54) is 6.07 Å². The third-order valence-electron chi connectivity index (χ3n) is 2.38. The van der Waals surface area contributed by atoms with Gasteiger partial charge in [0.1, 0.15) is 5.82 Å². The molecule has 1 aromatic heterocycles. The lowest BCUT2D eigenvalue weighted by atomic mass is 10.2. The fourth-order valence-corrected chi connectivity index (χ4v) is 2.57. The Morgan fingerprint density at radius 1 is 1.47 bits per heavy atom. The maximum absolute atomic E-state index is 13.1. The Balaban J connectivity index is 2.12. The van der Waals surface area contributed by atoms with E-state index in [0.29, 0.717) is 4.47 Å². The molecule has 17 heavy (non-hydrogen) atoms. The molecule has 2 aromatic rings. The van der Waals surface area contributed by atoms with Gasteiger partial charge in [0.15, 0.2) is 0 Å².